The number of rotatable bonds is 5. The van der Waals surface area contributed by atoms with E-state index in [0.29, 0.717) is 12.6 Å². The molecule has 1 aromatic rings. The van der Waals surface area contributed by atoms with Gasteiger partial charge in [-0.1, -0.05) is 6.07 Å². The fourth-order valence-electron chi connectivity index (χ4n) is 2.34. The molecule has 0 aliphatic heterocycles. The van der Waals surface area contributed by atoms with Crippen LogP contribution in [0.25, 0.3) is 0 Å². The van der Waals surface area contributed by atoms with Crippen molar-refractivity contribution >= 4 is 17.2 Å². The maximum atomic E-state index is 12.2. The number of carbonyl (C=O) groups is 1. The molecule has 2 aliphatic carbocycles. The molecule has 1 amide bonds. The van der Waals surface area contributed by atoms with Crippen LogP contribution in [0.1, 0.15) is 37.0 Å². The quantitative estimate of drug-likeness (QED) is 0.839. The Bertz CT molecular complexity index is 394. The van der Waals surface area contributed by atoms with E-state index < -0.39 is 0 Å². The van der Waals surface area contributed by atoms with Crippen LogP contribution in [0.4, 0.5) is 0 Å². The number of nitrogens with one attached hydrogen (secondary N) is 2. The van der Waals surface area contributed by atoms with Crippen molar-refractivity contribution in [3.8, 4) is 0 Å². The zero-order chi connectivity index (χ0) is 11.7. The molecule has 1 aromatic heterocycles. The van der Waals surface area contributed by atoms with Crippen LogP contribution in [-0.2, 0) is 11.3 Å². The van der Waals surface area contributed by atoms with Gasteiger partial charge in [0.05, 0.1) is 12.1 Å². The highest BCUT2D eigenvalue weighted by molar-refractivity contribution is 7.09. The number of hydrogen-bond acceptors (Lipinski definition) is 3. The smallest absolute Gasteiger partial charge is 0.240 e. The lowest BCUT2D eigenvalue weighted by Gasteiger charge is -2.41. The van der Waals surface area contributed by atoms with E-state index in [-0.39, 0.29) is 11.4 Å². The molecule has 2 saturated carbocycles. The van der Waals surface area contributed by atoms with Crippen molar-refractivity contribution in [1.82, 2.24) is 10.6 Å². The van der Waals surface area contributed by atoms with Crippen LogP contribution in [0.15, 0.2) is 17.5 Å². The van der Waals surface area contributed by atoms with Crippen molar-refractivity contribution in [3.63, 3.8) is 0 Å². The Morgan fingerprint density at radius 1 is 1.47 bits per heavy atom. The summed E-state index contributed by atoms with van der Waals surface area (Å²) < 4.78 is 0. The maximum absolute atomic E-state index is 12.2. The number of amides is 1. The summed E-state index contributed by atoms with van der Waals surface area (Å²) in [6.45, 7) is 0.671. The molecule has 0 saturated heterocycles. The predicted octanol–water partition coefficient (Wildman–Crippen LogP) is 2.04. The number of carbonyl (C=O) groups excluding carboxylic acids is 1. The van der Waals surface area contributed by atoms with Gasteiger partial charge in [0.1, 0.15) is 0 Å². The molecule has 1 heterocycles. The van der Waals surface area contributed by atoms with Crippen LogP contribution in [-0.4, -0.2) is 17.5 Å². The number of thiophene rings is 1. The third-order valence-corrected chi connectivity index (χ3v) is 4.58. The Balaban J connectivity index is 1.56. The second-order valence-corrected chi connectivity index (χ2v) is 6.15. The van der Waals surface area contributed by atoms with Gasteiger partial charge in [-0.2, -0.15) is 0 Å². The summed E-state index contributed by atoms with van der Waals surface area (Å²) >= 11 is 1.69. The van der Waals surface area contributed by atoms with Crippen molar-refractivity contribution in [1.29, 1.82) is 0 Å². The van der Waals surface area contributed by atoms with Crippen LogP contribution in [0, 0.1) is 0 Å². The summed E-state index contributed by atoms with van der Waals surface area (Å²) in [6, 6.07) is 4.68. The van der Waals surface area contributed by atoms with Crippen LogP contribution in [0.5, 0.6) is 0 Å². The summed E-state index contributed by atoms with van der Waals surface area (Å²) in [6.07, 6.45) is 5.64. The molecule has 3 rings (SSSR count). The van der Waals surface area contributed by atoms with E-state index in [1.807, 2.05) is 11.4 Å². The molecule has 0 spiro atoms. The average Bonchev–Trinajstić information content (AvgIpc) is 2.93. The first kappa shape index (κ1) is 11.2. The highest BCUT2D eigenvalue weighted by atomic mass is 32.1. The molecule has 17 heavy (non-hydrogen) atoms. The highest BCUT2D eigenvalue weighted by Gasteiger charge is 2.46. The molecule has 3 nitrogen and oxygen atoms in total. The lowest BCUT2D eigenvalue weighted by Crippen LogP contribution is -2.61. The van der Waals surface area contributed by atoms with Crippen molar-refractivity contribution in [3.05, 3.63) is 22.4 Å². The van der Waals surface area contributed by atoms with Gasteiger partial charge in [-0.3, -0.25) is 4.79 Å². The molecule has 0 aromatic carbocycles. The minimum Gasteiger partial charge on any atom is -0.350 e. The minimum atomic E-state index is -0.238. The molecule has 0 radical (unpaired) electrons. The predicted molar refractivity (Wildman–Crippen MR) is 68.9 cm³/mol. The molecule has 2 fully saturated rings. The summed E-state index contributed by atoms with van der Waals surface area (Å²) in [7, 11) is 0. The van der Waals surface area contributed by atoms with Crippen LogP contribution < -0.4 is 10.6 Å². The lowest BCUT2D eigenvalue weighted by atomic mass is 9.75. The van der Waals surface area contributed by atoms with Crippen LogP contribution in [0.3, 0.4) is 0 Å². The van der Waals surface area contributed by atoms with Crippen molar-refractivity contribution in [2.45, 2.75) is 50.2 Å². The summed E-state index contributed by atoms with van der Waals surface area (Å²) in [5, 5.41) is 8.64. The largest absolute Gasteiger partial charge is 0.350 e. The Hall–Kier alpha value is -0.870. The van der Waals surface area contributed by atoms with E-state index in [1.165, 1.54) is 24.1 Å². The Morgan fingerprint density at radius 3 is 2.82 bits per heavy atom. The monoisotopic (exact) mass is 250 g/mol. The van der Waals surface area contributed by atoms with Gasteiger partial charge < -0.3 is 10.6 Å². The van der Waals surface area contributed by atoms with Gasteiger partial charge >= 0.3 is 0 Å². The maximum Gasteiger partial charge on any atom is 0.240 e. The van der Waals surface area contributed by atoms with Gasteiger partial charge in [-0.05, 0) is 43.6 Å². The zero-order valence-corrected chi connectivity index (χ0v) is 10.7. The molecule has 2 aliphatic rings. The van der Waals surface area contributed by atoms with Gasteiger partial charge in [-0.25, -0.2) is 0 Å². The van der Waals surface area contributed by atoms with E-state index >= 15 is 0 Å². The topological polar surface area (TPSA) is 41.1 Å². The first-order chi connectivity index (χ1) is 8.28. The lowest BCUT2D eigenvalue weighted by molar-refractivity contribution is -0.131. The molecule has 0 unspecified atom stereocenters. The van der Waals surface area contributed by atoms with Crippen LogP contribution >= 0.6 is 11.3 Å². The van der Waals surface area contributed by atoms with Gasteiger partial charge in [0.15, 0.2) is 0 Å². The average molecular weight is 250 g/mol. The van der Waals surface area contributed by atoms with Gasteiger partial charge in [0, 0.05) is 10.9 Å². The van der Waals surface area contributed by atoms with E-state index in [0.717, 1.165) is 12.8 Å². The third-order valence-electron chi connectivity index (χ3n) is 3.70. The van der Waals surface area contributed by atoms with E-state index in [4.69, 9.17) is 0 Å². The van der Waals surface area contributed by atoms with Gasteiger partial charge in [0.25, 0.3) is 0 Å². The number of hydrogen-bond donors (Lipinski definition) is 2. The molecule has 4 heteroatoms. The fourth-order valence-corrected chi connectivity index (χ4v) is 2.98. The molecule has 92 valence electrons. The van der Waals surface area contributed by atoms with E-state index in [1.54, 1.807) is 11.3 Å². The minimum absolute atomic E-state index is 0.198. The molecular weight excluding hydrogens is 232 g/mol. The fraction of sp³-hybridized carbons (Fsp3) is 0.615. The summed E-state index contributed by atoms with van der Waals surface area (Å²) in [5.74, 6) is 0.198. The molecule has 2 N–H and O–H groups in total. The highest BCUT2D eigenvalue weighted by Crippen LogP contribution is 2.36. The van der Waals surface area contributed by atoms with E-state index in [2.05, 4.69) is 16.7 Å². The van der Waals surface area contributed by atoms with Crippen LogP contribution in [0.2, 0.25) is 0 Å². The molecule has 0 bridgehead atoms. The normalized spacial score (nSPS) is 21.9. The SMILES string of the molecule is O=C(NCc1cccs1)C1(NC2CC2)CCC1. The van der Waals surface area contributed by atoms with Crippen molar-refractivity contribution in [2.24, 2.45) is 0 Å². The zero-order valence-electron chi connectivity index (χ0n) is 9.87. The second-order valence-electron chi connectivity index (χ2n) is 5.12. The van der Waals surface area contributed by atoms with Crippen molar-refractivity contribution < 1.29 is 4.79 Å². The Kier molecular flexibility index (Phi) is 2.92. The van der Waals surface area contributed by atoms with Gasteiger partial charge in [0.2, 0.25) is 5.91 Å². The van der Waals surface area contributed by atoms with E-state index in [9.17, 15) is 4.79 Å². The molecule has 0 atom stereocenters. The first-order valence-electron chi connectivity index (χ1n) is 6.37. The molecular formula is C13H18N2OS. The standard InChI is InChI=1S/C13H18N2OS/c16-12(14-9-11-3-1-8-17-11)13(6-2-7-13)15-10-4-5-10/h1,3,8,10,15H,2,4-7,9H2,(H,14,16). The summed E-state index contributed by atoms with van der Waals surface area (Å²) in [4.78, 5) is 13.5. The van der Waals surface area contributed by atoms with Crippen molar-refractivity contribution in [2.75, 3.05) is 0 Å². The Labute approximate surface area is 106 Å². The van der Waals surface area contributed by atoms with Gasteiger partial charge in [-0.15, -0.1) is 11.3 Å². The first-order valence-corrected chi connectivity index (χ1v) is 7.25. The third kappa shape index (κ3) is 2.38. The Morgan fingerprint density at radius 2 is 2.29 bits per heavy atom. The summed E-state index contributed by atoms with van der Waals surface area (Å²) in [5.41, 5.74) is -0.238. The second kappa shape index (κ2) is 4.42.